The number of likely N-dealkylation sites (tertiary alicyclic amines) is 1. The van der Waals surface area contributed by atoms with E-state index in [4.69, 9.17) is 9.47 Å². The first-order valence-corrected chi connectivity index (χ1v) is 9.63. The fourth-order valence-electron chi connectivity index (χ4n) is 4.06. The minimum Gasteiger partial charge on any atom is -0.377 e. The maximum absolute atomic E-state index is 12.6. The van der Waals surface area contributed by atoms with Gasteiger partial charge in [-0.15, -0.1) is 0 Å². The molecule has 0 saturated carbocycles. The van der Waals surface area contributed by atoms with E-state index in [-0.39, 0.29) is 11.5 Å². The second kappa shape index (κ2) is 7.79. The third kappa shape index (κ3) is 3.89. The van der Waals surface area contributed by atoms with E-state index in [0.29, 0.717) is 32.2 Å². The van der Waals surface area contributed by atoms with Crippen molar-refractivity contribution < 1.29 is 14.3 Å². The predicted octanol–water partition coefficient (Wildman–Crippen LogP) is 3.23. The lowest BCUT2D eigenvalue weighted by atomic mass is 9.79. The summed E-state index contributed by atoms with van der Waals surface area (Å²) >= 11 is 0. The molecule has 2 aliphatic rings. The van der Waals surface area contributed by atoms with Gasteiger partial charge in [-0.3, -0.25) is 9.78 Å². The molecule has 3 heterocycles. The number of amides is 1. The van der Waals surface area contributed by atoms with E-state index in [1.165, 1.54) is 0 Å². The summed E-state index contributed by atoms with van der Waals surface area (Å²) in [6.45, 7) is 5.51. The summed E-state index contributed by atoms with van der Waals surface area (Å²) in [5.41, 5.74) is 2.89. The lowest BCUT2D eigenvalue weighted by Gasteiger charge is -2.50. The van der Waals surface area contributed by atoms with Crippen molar-refractivity contribution in [2.24, 2.45) is 5.92 Å². The molecule has 2 saturated heterocycles. The number of hydrogen-bond acceptors (Lipinski definition) is 4. The Labute approximate surface area is 160 Å². The van der Waals surface area contributed by atoms with Crippen LogP contribution in [0.25, 0.3) is 0 Å². The van der Waals surface area contributed by atoms with Crippen molar-refractivity contribution in [3.8, 4) is 0 Å². The smallest absolute Gasteiger partial charge is 0.254 e. The second-order valence-corrected chi connectivity index (χ2v) is 7.62. The summed E-state index contributed by atoms with van der Waals surface area (Å²) in [4.78, 5) is 18.6. The van der Waals surface area contributed by atoms with Crippen LogP contribution >= 0.6 is 0 Å². The van der Waals surface area contributed by atoms with Crippen molar-refractivity contribution in [1.29, 1.82) is 0 Å². The number of carbonyl (C=O) groups excluding carboxylic acids is 1. The Bertz CT molecular complexity index is 770. The molecule has 5 nitrogen and oxygen atoms in total. The summed E-state index contributed by atoms with van der Waals surface area (Å²) in [5.74, 6) is 0.556. The van der Waals surface area contributed by atoms with Gasteiger partial charge in [0, 0.05) is 31.2 Å². The number of nitrogens with zero attached hydrogens (tertiary/aromatic N) is 2. The van der Waals surface area contributed by atoms with Crippen LogP contribution in [-0.2, 0) is 16.1 Å². The number of pyridine rings is 1. The maximum Gasteiger partial charge on any atom is 0.254 e. The van der Waals surface area contributed by atoms with Crippen molar-refractivity contribution in [2.75, 3.05) is 26.3 Å². The topological polar surface area (TPSA) is 51.7 Å². The van der Waals surface area contributed by atoms with Crippen molar-refractivity contribution in [3.63, 3.8) is 0 Å². The highest BCUT2D eigenvalue weighted by Crippen LogP contribution is 2.42. The number of aromatic nitrogens is 1. The van der Waals surface area contributed by atoms with Crippen LogP contribution in [0.15, 0.2) is 48.8 Å². The molecule has 4 rings (SSSR count). The minimum absolute atomic E-state index is 0.101. The summed E-state index contributed by atoms with van der Waals surface area (Å²) in [6.07, 6.45) is 5.59. The molecule has 0 bridgehead atoms. The average Bonchev–Trinajstić information content (AvgIpc) is 3.09. The average molecular weight is 366 g/mol. The number of benzene rings is 1. The number of aryl methyl sites for hydroxylation is 1. The van der Waals surface area contributed by atoms with Gasteiger partial charge in [0.05, 0.1) is 19.7 Å². The minimum atomic E-state index is -0.166. The van der Waals surface area contributed by atoms with Crippen LogP contribution in [0.4, 0.5) is 0 Å². The highest BCUT2D eigenvalue weighted by atomic mass is 16.5. The van der Waals surface area contributed by atoms with E-state index in [1.807, 2.05) is 48.2 Å². The zero-order chi connectivity index (χ0) is 18.7. The summed E-state index contributed by atoms with van der Waals surface area (Å²) in [7, 11) is 0. The van der Waals surface area contributed by atoms with E-state index >= 15 is 0 Å². The normalized spacial score (nSPS) is 20.6. The van der Waals surface area contributed by atoms with Crippen molar-refractivity contribution in [2.45, 2.75) is 32.0 Å². The van der Waals surface area contributed by atoms with Crippen LogP contribution in [0, 0.1) is 12.8 Å². The summed E-state index contributed by atoms with van der Waals surface area (Å²) in [6, 6.07) is 11.7. The Kier molecular flexibility index (Phi) is 5.23. The first-order valence-electron chi connectivity index (χ1n) is 9.63. The largest absolute Gasteiger partial charge is 0.377 e. The summed E-state index contributed by atoms with van der Waals surface area (Å²) < 4.78 is 11.9. The lowest BCUT2D eigenvalue weighted by molar-refractivity contribution is -0.120. The molecule has 1 aromatic carbocycles. The molecular formula is C22H26N2O3. The predicted molar refractivity (Wildman–Crippen MR) is 102 cm³/mol. The first kappa shape index (κ1) is 18.1. The standard InChI is InChI=1S/C22H26N2O3/c1-17-2-4-19(5-3-17)21(25)24-15-22(16-24)20(9-13-27-22)8-12-26-14-18-6-10-23-11-7-18/h2-7,10-11,20H,8-9,12-16H2,1H3/t20-/m1/s1. The van der Waals surface area contributed by atoms with Gasteiger partial charge in [0.2, 0.25) is 0 Å². The van der Waals surface area contributed by atoms with E-state index in [0.717, 1.165) is 36.1 Å². The first-order chi connectivity index (χ1) is 13.2. The number of rotatable bonds is 6. The highest BCUT2D eigenvalue weighted by molar-refractivity contribution is 5.95. The molecule has 27 heavy (non-hydrogen) atoms. The van der Waals surface area contributed by atoms with E-state index in [1.54, 1.807) is 12.4 Å². The van der Waals surface area contributed by atoms with Crippen molar-refractivity contribution in [1.82, 2.24) is 9.88 Å². The fraction of sp³-hybridized carbons (Fsp3) is 0.455. The Hall–Kier alpha value is -2.24. The zero-order valence-electron chi connectivity index (χ0n) is 15.8. The molecular weight excluding hydrogens is 340 g/mol. The van der Waals surface area contributed by atoms with Crippen LogP contribution in [0.5, 0.6) is 0 Å². The van der Waals surface area contributed by atoms with Gasteiger partial charge in [0.25, 0.3) is 5.91 Å². The molecule has 0 unspecified atom stereocenters. The van der Waals surface area contributed by atoms with E-state index in [2.05, 4.69) is 4.98 Å². The molecule has 0 aliphatic carbocycles. The summed E-state index contributed by atoms with van der Waals surface area (Å²) in [5, 5.41) is 0. The molecule has 2 fully saturated rings. The molecule has 2 aromatic rings. The highest BCUT2D eigenvalue weighted by Gasteiger charge is 2.54. The van der Waals surface area contributed by atoms with Crippen molar-refractivity contribution >= 4 is 5.91 Å². The molecule has 0 N–H and O–H groups in total. The Balaban J connectivity index is 1.26. The van der Waals surface area contributed by atoms with Gasteiger partial charge in [-0.1, -0.05) is 17.7 Å². The van der Waals surface area contributed by atoms with Gasteiger partial charge in [0.15, 0.2) is 0 Å². The molecule has 1 aromatic heterocycles. The van der Waals surface area contributed by atoms with Gasteiger partial charge >= 0.3 is 0 Å². The van der Waals surface area contributed by atoms with Crippen LogP contribution in [0.1, 0.15) is 34.3 Å². The van der Waals surface area contributed by atoms with Gasteiger partial charge in [0.1, 0.15) is 5.60 Å². The molecule has 1 atom stereocenters. The van der Waals surface area contributed by atoms with Gasteiger partial charge in [-0.2, -0.15) is 0 Å². The molecule has 2 aliphatic heterocycles. The quantitative estimate of drug-likeness (QED) is 0.737. The second-order valence-electron chi connectivity index (χ2n) is 7.62. The van der Waals surface area contributed by atoms with E-state index in [9.17, 15) is 4.79 Å². The van der Waals surface area contributed by atoms with Crippen LogP contribution in [0.3, 0.4) is 0 Å². The Morgan fingerprint density at radius 1 is 1.22 bits per heavy atom. The fourth-order valence-corrected chi connectivity index (χ4v) is 4.06. The molecule has 142 valence electrons. The Morgan fingerprint density at radius 2 is 1.96 bits per heavy atom. The van der Waals surface area contributed by atoms with Crippen LogP contribution in [0.2, 0.25) is 0 Å². The Morgan fingerprint density at radius 3 is 2.70 bits per heavy atom. The van der Waals surface area contributed by atoms with Crippen molar-refractivity contribution in [3.05, 3.63) is 65.5 Å². The lowest BCUT2D eigenvalue weighted by Crippen LogP contribution is -2.66. The van der Waals surface area contributed by atoms with Crippen LogP contribution in [-0.4, -0.2) is 47.7 Å². The molecule has 1 amide bonds. The van der Waals surface area contributed by atoms with Gasteiger partial charge in [-0.05, 0) is 55.5 Å². The number of carbonyl (C=O) groups is 1. The SMILES string of the molecule is Cc1ccc(C(=O)N2CC3(C2)OCC[C@H]3CCOCc2ccncc2)cc1. The van der Waals surface area contributed by atoms with Gasteiger partial charge < -0.3 is 14.4 Å². The third-order valence-corrected chi connectivity index (χ3v) is 5.73. The van der Waals surface area contributed by atoms with Gasteiger partial charge in [-0.25, -0.2) is 0 Å². The third-order valence-electron chi connectivity index (χ3n) is 5.73. The maximum atomic E-state index is 12.6. The monoisotopic (exact) mass is 366 g/mol. The van der Waals surface area contributed by atoms with Crippen LogP contribution < -0.4 is 0 Å². The molecule has 0 radical (unpaired) electrons. The molecule has 5 heteroatoms. The number of ether oxygens (including phenoxy) is 2. The zero-order valence-corrected chi connectivity index (χ0v) is 15.8. The van der Waals surface area contributed by atoms with E-state index < -0.39 is 0 Å². The molecule has 1 spiro atoms. The number of hydrogen-bond donors (Lipinski definition) is 0.